The molecule has 5 nitrogen and oxygen atoms in total. The summed E-state index contributed by atoms with van der Waals surface area (Å²) in [5.41, 5.74) is 0.520. The molecule has 0 atom stereocenters. The second-order valence-electron chi connectivity index (χ2n) is 4.23. The third-order valence-corrected chi connectivity index (χ3v) is 3.07. The minimum Gasteiger partial charge on any atom is -0.297 e. The number of benzene rings is 1. The molecular weight excluding hydrogens is 244 g/mol. The van der Waals surface area contributed by atoms with Crippen molar-refractivity contribution in [3.8, 4) is 0 Å². The zero-order valence-electron chi connectivity index (χ0n) is 9.95. The molecule has 5 heteroatoms. The lowest BCUT2D eigenvalue weighted by molar-refractivity contribution is 0.0604. The van der Waals surface area contributed by atoms with Gasteiger partial charge in [0.15, 0.2) is 0 Å². The Morgan fingerprint density at radius 1 is 0.789 bits per heavy atom. The van der Waals surface area contributed by atoms with Crippen LogP contribution < -0.4 is 5.56 Å². The second kappa shape index (κ2) is 4.20. The minimum atomic E-state index is -0.364. The van der Waals surface area contributed by atoms with Crippen LogP contribution in [0.3, 0.4) is 0 Å². The molecule has 0 bridgehead atoms. The van der Waals surface area contributed by atoms with Gasteiger partial charge in [-0.2, -0.15) is 0 Å². The van der Waals surface area contributed by atoms with Crippen LogP contribution in [0.1, 0.15) is 20.7 Å². The molecule has 1 aromatic carbocycles. The smallest absolute Gasteiger partial charge is 0.263 e. The average molecular weight is 254 g/mol. The highest BCUT2D eigenvalue weighted by atomic mass is 16.2. The summed E-state index contributed by atoms with van der Waals surface area (Å²) in [5.74, 6) is -0.729. The van der Waals surface area contributed by atoms with E-state index in [1.807, 2.05) is 0 Å². The van der Waals surface area contributed by atoms with Gasteiger partial charge in [-0.25, -0.2) is 0 Å². The number of pyridine rings is 1. The molecular formula is C14H10N2O3. The molecule has 0 spiro atoms. The molecule has 1 aliphatic rings. The average Bonchev–Trinajstić information content (AvgIpc) is 2.67. The van der Waals surface area contributed by atoms with E-state index in [-0.39, 0.29) is 24.0 Å². The van der Waals surface area contributed by atoms with E-state index in [9.17, 15) is 14.4 Å². The van der Waals surface area contributed by atoms with Crippen LogP contribution in [0, 0.1) is 0 Å². The Bertz CT molecular complexity index is 698. The van der Waals surface area contributed by atoms with Gasteiger partial charge in [-0.15, -0.1) is 0 Å². The van der Waals surface area contributed by atoms with Crippen LogP contribution >= 0.6 is 0 Å². The Hall–Kier alpha value is -2.69. The molecule has 2 amide bonds. The summed E-state index contributed by atoms with van der Waals surface area (Å²) in [6, 6.07) is 11.3. The molecule has 0 saturated carbocycles. The number of aromatic nitrogens is 1. The van der Waals surface area contributed by atoms with E-state index < -0.39 is 0 Å². The standard InChI is InChI=1S/C14H10N2O3/c17-12-7-3-4-8-15(12)9-16-13(18)10-5-1-2-6-11(10)14(16)19/h1-8H,9H2. The maximum atomic E-state index is 12.1. The molecule has 0 radical (unpaired) electrons. The van der Waals surface area contributed by atoms with E-state index in [2.05, 4.69) is 0 Å². The quantitative estimate of drug-likeness (QED) is 0.754. The van der Waals surface area contributed by atoms with Crippen molar-refractivity contribution in [1.29, 1.82) is 0 Å². The number of carbonyl (C=O) groups excluding carboxylic acids is 2. The Balaban J connectivity index is 1.97. The number of rotatable bonds is 2. The monoisotopic (exact) mass is 254 g/mol. The van der Waals surface area contributed by atoms with E-state index in [0.717, 1.165) is 4.90 Å². The summed E-state index contributed by atoms with van der Waals surface area (Å²) >= 11 is 0. The molecule has 0 aliphatic carbocycles. The lowest BCUT2D eigenvalue weighted by atomic mass is 10.1. The van der Waals surface area contributed by atoms with Gasteiger partial charge >= 0.3 is 0 Å². The zero-order chi connectivity index (χ0) is 13.4. The normalized spacial score (nSPS) is 13.8. The van der Waals surface area contributed by atoms with Crippen molar-refractivity contribution in [2.24, 2.45) is 0 Å². The summed E-state index contributed by atoms with van der Waals surface area (Å²) in [7, 11) is 0. The molecule has 1 aromatic heterocycles. The number of hydrogen-bond donors (Lipinski definition) is 0. The highest BCUT2D eigenvalue weighted by molar-refractivity contribution is 6.21. The first-order valence-electron chi connectivity index (χ1n) is 5.79. The maximum absolute atomic E-state index is 12.1. The van der Waals surface area contributed by atoms with Gasteiger partial charge in [0.2, 0.25) is 0 Å². The third kappa shape index (κ3) is 1.76. The Morgan fingerprint density at radius 2 is 1.37 bits per heavy atom. The molecule has 2 heterocycles. The van der Waals surface area contributed by atoms with Crippen molar-refractivity contribution in [1.82, 2.24) is 9.47 Å². The van der Waals surface area contributed by atoms with Crippen molar-refractivity contribution in [2.45, 2.75) is 6.67 Å². The number of nitrogens with zero attached hydrogens (tertiary/aromatic N) is 2. The fourth-order valence-corrected chi connectivity index (χ4v) is 2.10. The van der Waals surface area contributed by atoms with Crippen LogP contribution in [0.5, 0.6) is 0 Å². The molecule has 2 aromatic rings. The second-order valence-corrected chi connectivity index (χ2v) is 4.23. The first-order valence-corrected chi connectivity index (χ1v) is 5.79. The molecule has 3 rings (SSSR count). The fraction of sp³-hybridized carbons (Fsp3) is 0.0714. The van der Waals surface area contributed by atoms with E-state index in [1.54, 1.807) is 42.6 Å². The van der Waals surface area contributed by atoms with E-state index >= 15 is 0 Å². The van der Waals surface area contributed by atoms with E-state index in [4.69, 9.17) is 0 Å². The van der Waals surface area contributed by atoms with Crippen molar-refractivity contribution in [3.63, 3.8) is 0 Å². The summed E-state index contributed by atoms with van der Waals surface area (Å²) in [6.45, 7) is -0.0635. The topological polar surface area (TPSA) is 59.4 Å². The SMILES string of the molecule is O=C1c2ccccc2C(=O)N1Cn1ccccc1=O. The molecule has 0 saturated heterocycles. The first-order chi connectivity index (χ1) is 9.18. The fourth-order valence-electron chi connectivity index (χ4n) is 2.10. The Morgan fingerprint density at radius 3 is 1.95 bits per heavy atom. The zero-order valence-corrected chi connectivity index (χ0v) is 9.95. The summed E-state index contributed by atoms with van der Waals surface area (Å²) in [4.78, 5) is 36.9. The highest BCUT2D eigenvalue weighted by Crippen LogP contribution is 2.22. The van der Waals surface area contributed by atoms with Crippen LogP contribution in [0.15, 0.2) is 53.5 Å². The summed E-state index contributed by atoms with van der Waals surface area (Å²) in [5, 5.41) is 0. The number of imide groups is 1. The molecule has 94 valence electrons. The summed E-state index contributed by atoms with van der Waals surface area (Å²) in [6.07, 6.45) is 1.55. The van der Waals surface area contributed by atoms with Gasteiger partial charge in [0.1, 0.15) is 6.67 Å². The van der Waals surface area contributed by atoms with Crippen LogP contribution in [0.25, 0.3) is 0 Å². The van der Waals surface area contributed by atoms with Crippen LogP contribution in [0.4, 0.5) is 0 Å². The highest BCUT2D eigenvalue weighted by Gasteiger charge is 2.35. The Labute approximate surface area is 108 Å². The molecule has 0 fully saturated rings. The van der Waals surface area contributed by atoms with Gasteiger partial charge in [0, 0.05) is 12.3 Å². The number of hydrogen-bond acceptors (Lipinski definition) is 3. The van der Waals surface area contributed by atoms with Crippen molar-refractivity contribution in [3.05, 3.63) is 70.1 Å². The predicted octanol–water partition coefficient (Wildman–Crippen LogP) is 1.10. The van der Waals surface area contributed by atoms with Gasteiger partial charge in [-0.05, 0) is 18.2 Å². The lowest BCUT2D eigenvalue weighted by Crippen LogP contribution is -2.35. The largest absolute Gasteiger partial charge is 0.297 e. The molecule has 19 heavy (non-hydrogen) atoms. The summed E-state index contributed by atoms with van der Waals surface area (Å²) < 4.78 is 1.32. The third-order valence-electron chi connectivity index (χ3n) is 3.07. The number of amides is 2. The molecule has 0 unspecified atom stereocenters. The van der Waals surface area contributed by atoms with Gasteiger partial charge in [-0.1, -0.05) is 18.2 Å². The maximum Gasteiger partial charge on any atom is 0.263 e. The van der Waals surface area contributed by atoms with E-state index in [0.29, 0.717) is 11.1 Å². The van der Waals surface area contributed by atoms with E-state index in [1.165, 1.54) is 10.6 Å². The van der Waals surface area contributed by atoms with Gasteiger partial charge < -0.3 is 0 Å². The van der Waals surface area contributed by atoms with Gasteiger partial charge in [0.25, 0.3) is 17.4 Å². The van der Waals surface area contributed by atoms with Crippen molar-refractivity contribution in [2.75, 3.05) is 0 Å². The van der Waals surface area contributed by atoms with Crippen molar-refractivity contribution >= 4 is 11.8 Å². The number of fused-ring (bicyclic) bond motifs is 1. The Kier molecular flexibility index (Phi) is 2.52. The van der Waals surface area contributed by atoms with Crippen LogP contribution in [-0.4, -0.2) is 21.3 Å². The van der Waals surface area contributed by atoms with Gasteiger partial charge in [0.05, 0.1) is 11.1 Å². The van der Waals surface area contributed by atoms with Crippen LogP contribution in [-0.2, 0) is 6.67 Å². The molecule has 0 N–H and O–H groups in total. The molecule has 1 aliphatic heterocycles. The lowest BCUT2D eigenvalue weighted by Gasteiger charge is -2.15. The number of carbonyl (C=O) groups is 2. The predicted molar refractivity (Wildman–Crippen MR) is 67.6 cm³/mol. The van der Waals surface area contributed by atoms with Gasteiger partial charge in [-0.3, -0.25) is 23.9 Å². The minimum absolute atomic E-state index is 0.0635. The van der Waals surface area contributed by atoms with Crippen LogP contribution in [0.2, 0.25) is 0 Å². The van der Waals surface area contributed by atoms with Crippen molar-refractivity contribution < 1.29 is 9.59 Å². The first kappa shape index (κ1) is 11.4.